The average Bonchev–Trinajstić information content (AvgIpc) is 3.22. The molecule has 9 heteroatoms. The number of amides is 4. The van der Waals surface area contributed by atoms with E-state index in [1.54, 1.807) is 4.90 Å². The van der Waals surface area contributed by atoms with Crippen LogP contribution in [0.25, 0.3) is 0 Å². The molecule has 5 aliphatic rings. The fourth-order valence-electron chi connectivity index (χ4n) is 7.54. The Labute approximate surface area is 236 Å². The van der Waals surface area contributed by atoms with Crippen molar-refractivity contribution < 1.29 is 23.9 Å². The highest BCUT2D eigenvalue weighted by atomic mass is 16.6. The van der Waals surface area contributed by atoms with E-state index in [9.17, 15) is 19.2 Å². The Morgan fingerprint density at radius 2 is 1.70 bits per heavy atom. The maximum absolute atomic E-state index is 13.0. The van der Waals surface area contributed by atoms with Gasteiger partial charge in [0.15, 0.2) is 0 Å². The number of benzene rings is 1. The van der Waals surface area contributed by atoms with E-state index in [1.807, 2.05) is 31.7 Å². The van der Waals surface area contributed by atoms with Crippen LogP contribution in [0, 0.1) is 5.41 Å². The first-order valence-electron chi connectivity index (χ1n) is 15.0. The summed E-state index contributed by atoms with van der Waals surface area (Å²) in [5, 5.41) is 2.37. The predicted molar refractivity (Wildman–Crippen MR) is 149 cm³/mol. The van der Waals surface area contributed by atoms with E-state index < -0.39 is 11.6 Å². The van der Waals surface area contributed by atoms with Gasteiger partial charge in [-0.3, -0.25) is 19.7 Å². The Morgan fingerprint density at radius 3 is 2.35 bits per heavy atom. The van der Waals surface area contributed by atoms with Gasteiger partial charge in [0, 0.05) is 37.7 Å². The molecule has 4 fully saturated rings. The van der Waals surface area contributed by atoms with Gasteiger partial charge in [-0.1, -0.05) is 12.1 Å². The molecule has 1 aromatic rings. The zero-order valence-electron chi connectivity index (χ0n) is 24.0. The molecule has 216 valence electrons. The van der Waals surface area contributed by atoms with Crippen LogP contribution >= 0.6 is 0 Å². The SMILES string of the molecule is CC(C)(C)OC(=O)N1CCC2(CC1)CC(N1CCC(c3ccc4c(c3)CN(C3CCC(=O)NC3=O)C4=O)CC1)C2. The third-order valence-electron chi connectivity index (χ3n) is 9.88. The van der Waals surface area contributed by atoms with Crippen LogP contribution in [0.5, 0.6) is 0 Å². The van der Waals surface area contributed by atoms with Gasteiger partial charge in [-0.2, -0.15) is 0 Å². The van der Waals surface area contributed by atoms with Crippen molar-refractivity contribution in [3.63, 3.8) is 0 Å². The topological polar surface area (TPSA) is 99.3 Å². The van der Waals surface area contributed by atoms with Gasteiger partial charge in [0.1, 0.15) is 11.6 Å². The summed E-state index contributed by atoms with van der Waals surface area (Å²) >= 11 is 0. The summed E-state index contributed by atoms with van der Waals surface area (Å²) < 4.78 is 5.56. The van der Waals surface area contributed by atoms with Gasteiger partial charge in [0.2, 0.25) is 11.8 Å². The third-order valence-corrected chi connectivity index (χ3v) is 9.88. The Balaban J connectivity index is 0.986. The minimum Gasteiger partial charge on any atom is -0.444 e. The molecule has 40 heavy (non-hydrogen) atoms. The van der Waals surface area contributed by atoms with Crippen molar-refractivity contribution in [2.24, 2.45) is 5.41 Å². The highest BCUT2D eigenvalue weighted by molar-refractivity contribution is 6.05. The molecule has 0 radical (unpaired) electrons. The third kappa shape index (κ3) is 5.24. The number of rotatable bonds is 3. The molecule has 4 amide bonds. The maximum atomic E-state index is 13.0. The first-order chi connectivity index (χ1) is 19.0. The molecule has 1 aliphatic carbocycles. The summed E-state index contributed by atoms with van der Waals surface area (Å²) in [5.41, 5.74) is 2.90. The summed E-state index contributed by atoms with van der Waals surface area (Å²) in [6.07, 6.45) is 7.31. The first kappa shape index (κ1) is 27.2. The predicted octanol–water partition coefficient (Wildman–Crippen LogP) is 3.81. The van der Waals surface area contributed by atoms with Crippen LogP contribution < -0.4 is 5.32 Å². The summed E-state index contributed by atoms with van der Waals surface area (Å²) in [6.45, 7) is 9.96. The molecule has 4 aliphatic heterocycles. The fourth-order valence-corrected chi connectivity index (χ4v) is 7.54. The molecule has 1 unspecified atom stereocenters. The summed E-state index contributed by atoms with van der Waals surface area (Å²) in [5.74, 6) is -0.259. The van der Waals surface area contributed by atoms with Crippen LogP contribution in [0.15, 0.2) is 18.2 Å². The van der Waals surface area contributed by atoms with Gasteiger partial charge >= 0.3 is 6.09 Å². The molecule has 1 atom stereocenters. The van der Waals surface area contributed by atoms with Gasteiger partial charge in [-0.25, -0.2) is 4.79 Å². The van der Waals surface area contributed by atoms with Crippen molar-refractivity contribution >= 4 is 23.8 Å². The normalized spacial score (nSPS) is 26.1. The monoisotopic (exact) mass is 550 g/mol. The molecular formula is C31H42N4O5. The smallest absolute Gasteiger partial charge is 0.410 e. The number of imide groups is 1. The average molecular weight is 551 g/mol. The Morgan fingerprint density at radius 1 is 1.00 bits per heavy atom. The second kappa shape index (κ2) is 10.2. The van der Waals surface area contributed by atoms with Gasteiger partial charge in [0.05, 0.1) is 0 Å². The molecule has 3 saturated heterocycles. The molecule has 1 aromatic carbocycles. The lowest BCUT2D eigenvalue weighted by Gasteiger charge is -2.56. The van der Waals surface area contributed by atoms with E-state index in [2.05, 4.69) is 22.3 Å². The zero-order valence-corrected chi connectivity index (χ0v) is 24.0. The van der Waals surface area contributed by atoms with Crippen LogP contribution in [0.1, 0.15) is 99.5 Å². The molecular weight excluding hydrogens is 508 g/mol. The molecule has 6 rings (SSSR count). The minimum atomic E-state index is -0.570. The van der Waals surface area contributed by atoms with E-state index in [1.165, 1.54) is 18.4 Å². The Bertz CT molecular complexity index is 1200. The first-order valence-corrected chi connectivity index (χ1v) is 15.0. The Kier molecular flexibility index (Phi) is 6.92. The van der Waals surface area contributed by atoms with Crippen LogP contribution in [-0.2, 0) is 20.9 Å². The second-order valence-corrected chi connectivity index (χ2v) is 13.7. The summed E-state index contributed by atoms with van der Waals surface area (Å²) in [7, 11) is 0. The van der Waals surface area contributed by atoms with Crippen molar-refractivity contribution in [2.45, 2.75) is 102 Å². The number of fused-ring (bicyclic) bond motifs is 1. The number of nitrogens with one attached hydrogen (secondary N) is 1. The number of hydrogen-bond donors (Lipinski definition) is 1. The maximum Gasteiger partial charge on any atom is 0.410 e. The molecule has 4 heterocycles. The number of nitrogens with zero attached hydrogens (tertiary/aromatic N) is 3. The molecule has 9 nitrogen and oxygen atoms in total. The fraction of sp³-hybridized carbons (Fsp3) is 0.677. The van der Waals surface area contributed by atoms with Gasteiger partial charge in [-0.15, -0.1) is 0 Å². The van der Waals surface area contributed by atoms with Crippen LogP contribution in [0.2, 0.25) is 0 Å². The van der Waals surface area contributed by atoms with Crippen molar-refractivity contribution in [1.29, 1.82) is 0 Å². The minimum absolute atomic E-state index is 0.110. The second-order valence-electron chi connectivity index (χ2n) is 13.7. The van der Waals surface area contributed by atoms with E-state index in [0.717, 1.165) is 57.4 Å². The molecule has 0 aromatic heterocycles. The van der Waals surface area contributed by atoms with E-state index in [4.69, 9.17) is 4.74 Å². The van der Waals surface area contributed by atoms with Crippen LogP contribution in [0.3, 0.4) is 0 Å². The quantitative estimate of drug-likeness (QED) is 0.575. The van der Waals surface area contributed by atoms with Crippen molar-refractivity contribution in [1.82, 2.24) is 20.0 Å². The van der Waals surface area contributed by atoms with E-state index in [0.29, 0.717) is 35.9 Å². The molecule has 1 saturated carbocycles. The number of ether oxygens (including phenoxy) is 1. The van der Waals surface area contributed by atoms with Crippen molar-refractivity contribution in [2.75, 3.05) is 26.2 Å². The lowest BCUT2D eigenvalue weighted by atomic mass is 9.59. The zero-order chi connectivity index (χ0) is 28.2. The molecule has 1 spiro atoms. The number of piperidine rings is 3. The van der Waals surface area contributed by atoms with E-state index in [-0.39, 0.29) is 30.2 Å². The van der Waals surface area contributed by atoms with Crippen molar-refractivity contribution in [3.05, 3.63) is 34.9 Å². The summed E-state index contributed by atoms with van der Waals surface area (Å²) in [4.78, 5) is 55.5. The number of hydrogen-bond acceptors (Lipinski definition) is 6. The van der Waals surface area contributed by atoms with E-state index >= 15 is 0 Å². The number of likely N-dealkylation sites (tertiary alicyclic amines) is 2. The standard InChI is InChI=1S/C31H42N4O5/c1-30(2,3)40-29(39)34-14-10-31(11-15-34)17-23(18-31)33-12-8-20(9-13-33)21-4-5-24-22(16-21)19-35(28(24)38)25-6-7-26(36)32-27(25)37/h4-5,16,20,23,25H,6-15,17-19H2,1-3H3,(H,32,36,37). The molecule has 1 N–H and O–H groups in total. The highest BCUT2D eigenvalue weighted by Gasteiger charge is 2.49. The molecule has 0 bridgehead atoms. The largest absolute Gasteiger partial charge is 0.444 e. The summed E-state index contributed by atoms with van der Waals surface area (Å²) in [6, 6.07) is 6.29. The van der Waals surface area contributed by atoms with Crippen LogP contribution in [0.4, 0.5) is 4.79 Å². The van der Waals surface area contributed by atoms with Crippen LogP contribution in [-0.4, -0.2) is 82.4 Å². The van der Waals surface area contributed by atoms with Gasteiger partial charge < -0.3 is 19.4 Å². The van der Waals surface area contributed by atoms with Gasteiger partial charge in [0.25, 0.3) is 5.91 Å². The lowest BCUT2D eigenvalue weighted by molar-refractivity contribution is -0.136. The lowest BCUT2D eigenvalue weighted by Crippen LogP contribution is -2.57. The Hall–Kier alpha value is -2.94. The highest BCUT2D eigenvalue weighted by Crippen LogP contribution is 2.51. The van der Waals surface area contributed by atoms with Crippen molar-refractivity contribution in [3.8, 4) is 0 Å². The number of carbonyl (C=O) groups is 4. The number of carbonyl (C=O) groups excluding carboxylic acids is 4. The van der Waals surface area contributed by atoms with Gasteiger partial charge in [-0.05, 0) is 107 Å².